The van der Waals surface area contributed by atoms with Crippen molar-refractivity contribution in [3.63, 3.8) is 0 Å². The molecule has 1 aliphatic heterocycles. The molecule has 0 aliphatic carbocycles. The molecule has 0 saturated carbocycles. The Balaban J connectivity index is 2.55. The summed E-state index contributed by atoms with van der Waals surface area (Å²) in [6.45, 7) is 1.83. The van der Waals surface area contributed by atoms with Crippen LogP contribution in [0.3, 0.4) is 0 Å². The van der Waals surface area contributed by atoms with E-state index in [-0.39, 0.29) is 24.6 Å². The quantitative estimate of drug-likeness (QED) is 0.482. The predicted octanol–water partition coefficient (Wildman–Crippen LogP) is 1.16. The Morgan fingerprint density at radius 2 is 2.12 bits per heavy atom. The predicted molar refractivity (Wildman–Crippen MR) is 59.8 cm³/mol. The Hall–Kier alpha value is -0.870. The second kappa shape index (κ2) is 6.66. The van der Waals surface area contributed by atoms with E-state index in [1.165, 1.54) is 6.08 Å². The van der Waals surface area contributed by atoms with Gasteiger partial charge in [0, 0.05) is 0 Å². The van der Waals surface area contributed by atoms with Crippen molar-refractivity contribution >= 4 is 5.97 Å². The summed E-state index contributed by atoms with van der Waals surface area (Å²) in [7, 11) is 0. The molecule has 2 N–H and O–H groups in total. The second-order valence-corrected chi connectivity index (χ2v) is 4.32. The Morgan fingerprint density at radius 1 is 1.38 bits per heavy atom. The number of aliphatic hydroxyl groups excluding tert-OH is 2. The highest BCUT2D eigenvalue weighted by Gasteiger charge is 2.14. The van der Waals surface area contributed by atoms with E-state index in [9.17, 15) is 15.0 Å². The number of esters is 1. The van der Waals surface area contributed by atoms with E-state index in [0.717, 1.165) is 12.8 Å². The molecule has 1 rings (SSSR count). The van der Waals surface area contributed by atoms with E-state index < -0.39 is 6.10 Å². The van der Waals surface area contributed by atoms with Gasteiger partial charge >= 0.3 is 5.97 Å². The Kier molecular flexibility index (Phi) is 5.49. The van der Waals surface area contributed by atoms with Crippen LogP contribution in [0.2, 0.25) is 0 Å². The molecule has 16 heavy (non-hydrogen) atoms. The number of aliphatic hydroxyl groups is 2. The summed E-state index contributed by atoms with van der Waals surface area (Å²) in [6, 6.07) is 0. The first-order valence-corrected chi connectivity index (χ1v) is 5.80. The van der Waals surface area contributed by atoms with Crippen molar-refractivity contribution in [2.45, 2.75) is 57.3 Å². The molecule has 92 valence electrons. The molecule has 4 heteroatoms. The van der Waals surface area contributed by atoms with Gasteiger partial charge < -0.3 is 14.9 Å². The number of hydrogen-bond acceptors (Lipinski definition) is 4. The van der Waals surface area contributed by atoms with Crippen LogP contribution in [0.15, 0.2) is 12.2 Å². The molecule has 3 atom stereocenters. The van der Waals surface area contributed by atoms with Gasteiger partial charge in [0.05, 0.1) is 24.7 Å². The van der Waals surface area contributed by atoms with Gasteiger partial charge in [0.15, 0.2) is 0 Å². The minimum absolute atomic E-state index is 0.0169. The lowest BCUT2D eigenvalue weighted by Crippen LogP contribution is -2.20. The monoisotopic (exact) mass is 228 g/mol. The van der Waals surface area contributed by atoms with Crippen molar-refractivity contribution in [1.82, 2.24) is 0 Å². The fraction of sp³-hybridized carbons (Fsp3) is 0.750. The van der Waals surface area contributed by atoms with Crippen molar-refractivity contribution in [1.29, 1.82) is 0 Å². The normalized spacial score (nSPS) is 33.7. The van der Waals surface area contributed by atoms with Crippen LogP contribution < -0.4 is 0 Å². The third-order valence-corrected chi connectivity index (χ3v) is 2.62. The molecular formula is C12H20O4. The van der Waals surface area contributed by atoms with Crippen molar-refractivity contribution in [3.05, 3.63) is 12.2 Å². The zero-order valence-electron chi connectivity index (χ0n) is 9.63. The van der Waals surface area contributed by atoms with Crippen LogP contribution in [0.25, 0.3) is 0 Å². The number of cyclic esters (lactones) is 1. The second-order valence-electron chi connectivity index (χ2n) is 4.32. The fourth-order valence-electron chi connectivity index (χ4n) is 1.72. The molecule has 0 fully saturated rings. The lowest BCUT2D eigenvalue weighted by Gasteiger charge is -2.16. The zero-order valence-corrected chi connectivity index (χ0v) is 9.63. The third kappa shape index (κ3) is 5.28. The molecule has 0 bridgehead atoms. The maximum Gasteiger partial charge on any atom is 0.309 e. The summed E-state index contributed by atoms with van der Waals surface area (Å²) in [5, 5.41) is 19.0. The molecule has 0 aromatic carbocycles. The Bertz CT molecular complexity index is 249. The number of ether oxygens (including phenoxy) is 1. The van der Waals surface area contributed by atoms with Crippen LogP contribution in [-0.4, -0.2) is 34.5 Å². The summed E-state index contributed by atoms with van der Waals surface area (Å²) in [5.74, 6) is -0.370. The maximum atomic E-state index is 11.3. The third-order valence-electron chi connectivity index (χ3n) is 2.62. The van der Waals surface area contributed by atoms with E-state index in [0.29, 0.717) is 12.8 Å². The molecule has 0 spiro atoms. The highest BCUT2D eigenvalue weighted by Crippen LogP contribution is 2.12. The summed E-state index contributed by atoms with van der Waals surface area (Å²) in [4.78, 5) is 11.3. The van der Waals surface area contributed by atoms with Gasteiger partial charge in [0.25, 0.3) is 0 Å². The SMILES string of the molecule is C[C@@H]1CCC[C@H](O)CC=C[C@@H](O)CC(=O)O1. The van der Waals surface area contributed by atoms with Crippen molar-refractivity contribution in [3.8, 4) is 0 Å². The van der Waals surface area contributed by atoms with Gasteiger partial charge in [-0.05, 0) is 32.6 Å². The summed E-state index contributed by atoms with van der Waals surface area (Å²) in [5.41, 5.74) is 0. The van der Waals surface area contributed by atoms with Gasteiger partial charge in [-0.3, -0.25) is 4.79 Å². The highest BCUT2D eigenvalue weighted by atomic mass is 16.5. The van der Waals surface area contributed by atoms with Crippen LogP contribution in [0, 0.1) is 0 Å². The van der Waals surface area contributed by atoms with Crippen LogP contribution in [0.4, 0.5) is 0 Å². The van der Waals surface area contributed by atoms with Gasteiger partial charge in [-0.25, -0.2) is 0 Å². The van der Waals surface area contributed by atoms with Crippen LogP contribution in [-0.2, 0) is 9.53 Å². The number of hydrogen-bond donors (Lipinski definition) is 2. The Labute approximate surface area is 95.9 Å². The zero-order chi connectivity index (χ0) is 12.0. The summed E-state index contributed by atoms with van der Waals surface area (Å²) < 4.78 is 5.11. The molecule has 4 nitrogen and oxygen atoms in total. The van der Waals surface area contributed by atoms with E-state index >= 15 is 0 Å². The van der Waals surface area contributed by atoms with Gasteiger partial charge in [-0.2, -0.15) is 0 Å². The molecule has 0 saturated heterocycles. The highest BCUT2D eigenvalue weighted by molar-refractivity contribution is 5.70. The lowest BCUT2D eigenvalue weighted by atomic mass is 10.1. The van der Waals surface area contributed by atoms with Crippen LogP contribution in [0.5, 0.6) is 0 Å². The summed E-state index contributed by atoms with van der Waals surface area (Å²) in [6.07, 6.45) is 4.73. The van der Waals surface area contributed by atoms with Gasteiger partial charge in [0.1, 0.15) is 0 Å². The number of carbonyl (C=O) groups excluding carboxylic acids is 1. The van der Waals surface area contributed by atoms with E-state index in [2.05, 4.69) is 0 Å². The smallest absolute Gasteiger partial charge is 0.309 e. The van der Waals surface area contributed by atoms with E-state index in [1.54, 1.807) is 6.08 Å². The average molecular weight is 228 g/mol. The average Bonchev–Trinajstić information content (AvgIpc) is 2.15. The van der Waals surface area contributed by atoms with Crippen molar-refractivity contribution in [2.24, 2.45) is 0 Å². The first-order chi connectivity index (χ1) is 7.58. The largest absolute Gasteiger partial charge is 0.463 e. The number of carbonyl (C=O) groups is 1. The van der Waals surface area contributed by atoms with Crippen LogP contribution >= 0.6 is 0 Å². The first kappa shape index (κ1) is 13.2. The minimum Gasteiger partial charge on any atom is -0.463 e. The van der Waals surface area contributed by atoms with E-state index in [4.69, 9.17) is 4.74 Å². The molecule has 1 aliphatic rings. The van der Waals surface area contributed by atoms with Crippen LogP contribution in [0.1, 0.15) is 39.0 Å². The topological polar surface area (TPSA) is 66.8 Å². The molecule has 0 amide bonds. The molecule has 0 unspecified atom stereocenters. The number of rotatable bonds is 0. The maximum absolute atomic E-state index is 11.3. The minimum atomic E-state index is -0.814. The van der Waals surface area contributed by atoms with Crippen molar-refractivity contribution < 1.29 is 19.7 Å². The molecule has 0 aromatic heterocycles. The van der Waals surface area contributed by atoms with Gasteiger partial charge in [0.2, 0.25) is 0 Å². The lowest BCUT2D eigenvalue weighted by molar-refractivity contribution is -0.150. The van der Waals surface area contributed by atoms with Gasteiger partial charge in [-0.15, -0.1) is 0 Å². The van der Waals surface area contributed by atoms with E-state index in [1.807, 2.05) is 6.92 Å². The fourth-order valence-corrected chi connectivity index (χ4v) is 1.72. The molecule has 1 heterocycles. The summed E-state index contributed by atoms with van der Waals surface area (Å²) >= 11 is 0. The van der Waals surface area contributed by atoms with Crippen molar-refractivity contribution in [2.75, 3.05) is 0 Å². The van der Waals surface area contributed by atoms with Gasteiger partial charge in [-0.1, -0.05) is 12.2 Å². The first-order valence-electron chi connectivity index (χ1n) is 5.80. The Morgan fingerprint density at radius 3 is 2.88 bits per heavy atom. The molecule has 0 aromatic rings. The molecule has 0 radical (unpaired) electrons. The standard InChI is InChI=1S/C12H20O4/c1-9-4-2-5-10(13)6-3-7-11(14)8-12(15)16-9/h3,7,9-11,13-14H,2,4-6,8H2,1H3/t9-,10+,11-/m1/s1. The molecular weight excluding hydrogens is 208 g/mol.